The molecule has 1 fully saturated rings. The molecule has 1 rings (SSSR count). The third kappa shape index (κ3) is 6.14. The van der Waals surface area contributed by atoms with Crippen LogP contribution < -0.4 is 5.32 Å². The lowest BCUT2D eigenvalue weighted by atomic mass is 9.94. The van der Waals surface area contributed by atoms with Crippen molar-refractivity contribution in [3.05, 3.63) is 0 Å². The van der Waals surface area contributed by atoms with Crippen LogP contribution in [0.4, 0.5) is 0 Å². The summed E-state index contributed by atoms with van der Waals surface area (Å²) in [5, 5.41) is 3.58. The minimum absolute atomic E-state index is 0.709. The van der Waals surface area contributed by atoms with E-state index in [-0.39, 0.29) is 0 Å². The van der Waals surface area contributed by atoms with Gasteiger partial charge in [0.1, 0.15) is 0 Å². The first-order chi connectivity index (χ1) is 8.63. The third-order valence-electron chi connectivity index (χ3n) is 3.69. The first-order valence-electron chi connectivity index (χ1n) is 7.31. The topological polar surface area (TPSA) is 27.7 Å². The van der Waals surface area contributed by atoms with Crippen LogP contribution in [0, 0.1) is 5.92 Å². The molecule has 1 aliphatic heterocycles. The predicted octanol–water partition coefficient (Wildman–Crippen LogP) is 0.885. The van der Waals surface area contributed by atoms with Crippen molar-refractivity contribution in [1.82, 2.24) is 15.1 Å². The number of likely N-dealkylation sites (tertiary alicyclic amines) is 1. The van der Waals surface area contributed by atoms with Crippen molar-refractivity contribution in [2.24, 2.45) is 5.92 Å². The zero-order chi connectivity index (χ0) is 13.4. The molecule has 4 nitrogen and oxygen atoms in total. The molecule has 2 atom stereocenters. The molecule has 0 aromatic rings. The molecule has 4 heteroatoms. The standard InChI is InChI=1S/C14H31N3O/c1-5-15-14-6-7-17(12-13(14)2)9-11-18-10-8-16(3)4/h13-15H,5-12H2,1-4H3. The van der Waals surface area contributed by atoms with Crippen molar-refractivity contribution in [3.8, 4) is 0 Å². The fraction of sp³-hybridized carbons (Fsp3) is 1.00. The van der Waals surface area contributed by atoms with Gasteiger partial charge in [-0.25, -0.2) is 0 Å². The van der Waals surface area contributed by atoms with Crippen molar-refractivity contribution >= 4 is 0 Å². The lowest BCUT2D eigenvalue weighted by molar-refractivity contribution is 0.0715. The Hall–Kier alpha value is -0.160. The Kier molecular flexibility index (Phi) is 7.82. The summed E-state index contributed by atoms with van der Waals surface area (Å²) in [6, 6.07) is 0.709. The molecule has 108 valence electrons. The molecule has 0 saturated carbocycles. The van der Waals surface area contributed by atoms with E-state index in [9.17, 15) is 0 Å². The van der Waals surface area contributed by atoms with Crippen LogP contribution in [0.15, 0.2) is 0 Å². The van der Waals surface area contributed by atoms with Crippen molar-refractivity contribution in [1.29, 1.82) is 0 Å². The van der Waals surface area contributed by atoms with Crippen LogP contribution in [-0.4, -0.2) is 75.9 Å². The van der Waals surface area contributed by atoms with E-state index in [2.05, 4.69) is 43.1 Å². The normalized spacial score (nSPS) is 25.8. The second-order valence-corrected chi connectivity index (χ2v) is 5.65. The monoisotopic (exact) mass is 257 g/mol. The molecule has 0 spiro atoms. The van der Waals surface area contributed by atoms with Gasteiger partial charge in [-0.05, 0) is 39.5 Å². The van der Waals surface area contributed by atoms with Crippen LogP contribution in [0.2, 0.25) is 0 Å². The van der Waals surface area contributed by atoms with Crippen LogP contribution in [0.25, 0.3) is 0 Å². The quantitative estimate of drug-likeness (QED) is 0.654. The van der Waals surface area contributed by atoms with Gasteiger partial charge >= 0.3 is 0 Å². The van der Waals surface area contributed by atoms with Crippen LogP contribution in [0.1, 0.15) is 20.3 Å². The molecular formula is C14H31N3O. The van der Waals surface area contributed by atoms with Gasteiger partial charge in [0.15, 0.2) is 0 Å². The van der Waals surface area contributed by atoms with Crippen molar-refractivity contribution in [2.45, 2.75) is 26.3 Å². The Morgan fingerprint density at radius 2 is 2.11 bits per heavy atom. The molecule has 18 heavy (non-hydrogen) atoms. The number of likely N-dealkylation sites (N-methyl/N-ethyl adjacent to an activating group) is 1. The average molecular weight is 257 g/mol. The highest BCUT2D eigenvalue weighted by Crippen LogP contribution is 2.16. The maximum absolute atomic E-state index is 5.66. The molecule has 0 radical (unpaired) electrons. The van der Waals surface area contributed by atoms with Gasteiger partial charge in [0.25, 0.3) is 0 Å². The van der Waals surface area contributed by atoms with Gasteiger partial charge < -0.3 is 19.9 Å². The number of nitrogens with one attached hydrogen (secondary N) is 1. The minimum Gasteiger partial charge on any atom is -0.379 e. The summed E-state index contributed by atoms with van der Waals surface area (Å²) in [6.07, 6.45) is 1.27. The van der Waals surface area contributed by atoms with Gasteiger partial charge in [0.05, 0.1) is 13.2 Å². The summed E-state index contributed by atoms with van der Waals surface area (Å²) >= 11 is 0. The molecule has 1 N–H and O–H groups in total. The molecule has 1 aliphatic rings. The highest BCUT2D eigenvalue weighted by Gasteiger charge is 2.24. The SMILES string of the molecule is CCNC1CCN(CCOCCN(C)C)CC1C. The minimum atomic E-state index is 0.709. The summed E-state index contributed by atoms with van der Waals surface area (Å²) in [7, 11) is 4.16. The fourth-order valence-corrected chi connectivity index (χ4v) is 2.54. The van der Waals surface area contributed by atoms with Gasteiger partial charge in [-0.2, -0.15) is 0 Å². The number of rotatable bonds is 8. The van der Waals surface area contributed by atoms with Crippen molar-refractivity contribution in [2.75, 3.05) is 60.0 Å². The summed E-state index contributed by atoms with van der Waals surface area (Å²) in [4.78, 5) is 4.69. The van der Waals surface area contributed by atoms with Gasteiger partial charge in [0.2, 0.25) is 0 Å². The first-order valence-corrected chi connectivity index (χ1v) is 7.31. The zero-order valence-corrected chi connectivity index (χ0v) is 12.6. The van der Waals surface area contributed by atoms with Gasteiger partial charge in [0, 0.05) is 25.7 Å². The molecule has 0 bridgehead atoms. The molecular weight excluding hydrogens is 226 g/mol. The largest absolute Gasteiger partial charge is 0.379 e. The van der Waals surface area contributed by atoms with Crippen LogP contribution in [0.5, 0.6) is 0 Å². The number of hydrogen-bond acceptors (Lipinski definition) is 4. The third-order valence-corrected chi connectivity index (χ3v) is 3.69. The van der Waals surface area contributed by atoms with Crippen molar-refractivity contribution in [3.63, 3.8) is 0 Å². The van der Waals surface area contributed by atoms with Crippen LogP contribution in [-0.2, 0) is 4.74 Å². The van der Waals surface area contributed by atoms with E-state index in [1.54, 1.807) is 0 Å². The van der Waals surface area contributed by atoms with E-state index in [1.165, 1.54) is 19.5 Å². The Balaban J connectivity index is 2.07. The zero-order valence-electron chi connectivity index (χ0n) is 12.6. The summed E-state index contributed by atoms with van der Waals surface area (Å²) in [5.41, 5.74) is 0. The maximum Gasteiger partial charge on any atom is 0.0594 e. The Bertz CT molecular complexity index is 211. The molecule has 0 amide bonds. The van der Waals surface area contributed by atoms with E-state index in [0.29, 0.717) is 6.04 Å². The number of hydrogen-bond donors (Lipinski definition) is 1. The maximum atomic E-state index is 5.66. The molecule has 0 aromatic carbocycles. The molecule has 1 saturated heterocycles. The predicted molar refractivity (Wildman–Crippen MR) is 77.1 cm³/mol. The lowest BCUT2D eigenvalue weighted by Gasteiger charge is -2.37. The average Bonchev–Trinajstić information content (AvgIpc) is 2.32. The molecule has 0 aromatic heterocycles. The summed E-state index contributed by atoms with van der Waals surface area (Å²) < 4.78 is 5.66. The van der Waals surface area contributed by atoms with Crippen LogP contribution in [0.3, 0.4) is 0 Å². The Morgan fingerprint density at radius 3 is 2.72 bits per heavy atom. The van der Waals surface area contributed by atoms with E-state index in [4.69, 9.17) is 4.74 Å². The first kappa shape index (κ1) is 15.9. The Labute approximate surface area is 113 Å². The Morgan fingerprint density at radius 1 is 1.33 bits per heavy atom. The summed E-state index contributed by atoms with van der Waals surface area (Å²) in [6.45, 7) is 11.8. The summed E-state index contributed by atoms with van der Waals surface area (Å²) in [5.74, 6) is 0.750. The van der Waals surface area contributed by atoms with Gasteiger partial charge in [-0.1, -0.05) is 13.8 Å². The van der Waals surface area contributed by atoms with Gasteiger partial charge in [-0.3, -0.25) is 0 Å². The highest BCUT2D eigenvalue weighted by atomic mass is 16.5. The second-order valence-electron chi connectivity index (χ2n) is 5.65. The fourth-order valence-electron chi connectivity index (χ4n) is 2.54. The number of ether oxygens (including phenoxy) is 1. The van der Waals surface area contributed by atoms with E-state index >= 15 is 0 Å². The van der Waals surface area contributed by atoms with E-state index < -0.39 is 0 Å². The number of nitrogens with zero attached hydrogens (tertiary/aromatic N) is 2. The smallest absolute Gasteiger partial charge is 0.0594 e. The molecule has 0 aliphatic carbocycles. The second kappa shape index (κ2) is 8.86. The van der Waals surface area contributed by atoms with Crippen molar-refractivity contribution < 1.29 is 4.74 Å². The number of piperidine rings is 1. The van der Waals surface area contributed by atoms with E-state index in [1.807, 2.05) is 0 Å². The van der Waals surface area contributed by atoms with E-state index in [0.717, 1.165) is 38.8 Å². The van der Waals surface area contributed by atoms with Gasteiger partial charge in [-0.15, -0.1) is 0 Å². The van der Waals surface area contributed by atoms with Crippen LogP contribution >= 0.6 is 0 Å². The lowest BCUT2D eigenvalue weighted by Crippen LogP contribution is -2.48. The molecule has 1 heterocycles. The molecule has 2 unspecified atom stereocenters. The highest BCUT2D eigenvalue weighted by molar-refractivity contribution is 4.82.